The molecule has 0 amide bonds. The standard InChI is InChI=1S/C12H10BrCl2NO2S2/c13-6-8-1-3-9(4-2-8)7-16-20(17,18)10-5-11(14)19-12(10)15/h1-5,16H,6-7H2. The Bertz CT molecular complexity index is 699. The van der Waals surface area contributed by atoms with E-state index in [1.807, 2.05) is 24.3 Å². The Balaban J connectivity index is 2.11. The quantitative estimate of drug-likeness (QED) is 0.735. The van der Waals surface area contributed by atoms with Crippen LogP contribution in [0.25, 0.3) is 0 Å². The van der Waals surface area contributed by atoms with Crippen LogP contribution >= 0.6 is 50.5 Å². The summed E-state index contributed by atoms with van der Waals surface area (Å²) < 4.78 is 27.2. The molecule has 0 aliphatic carbocycles. The number of thiophene rings is 1. The molecule has 1 aromatic heterocycles. The topological polar surface area (TPSA) is 46.2 Å². The molecule has 2 rings (SSSR count). The second-order valence-electron chi connectivity index (χ2n) is 3.96. The normalized spacial score (nSPS) is 11.8. The van der Waals surface area contributed by atoms with Crippen molar-refractivity contribution in [3.8, 4) is 0 Å². The molecule has 0 radical (unpaired) electrons. The van der Waals surface area contributed by atoms with Gasteiger partial charge in [0.15, 0.2) is 0 Å². The molecule has 0 fully saturated rings. The Kier molecular flexibility index (Phi) is 5.50. The molecule has 108 valence electrons. The highest BCUT2D eigenvalue weighted by Crippen LogP contribution is 2.34. The SMILES string of the molecule is O=S(=O)(NCc1ccc(CBr)cc1)c1cc(Cl)sc1Cl. The van der Waals surface area contributed by atoms with E-state index in [-0.39, 0.29) is 15.8 Å². The molecule has 2 aromatic rings. The van der Waals surface area contributed by atoms with Crippen molar-refractivity contribution in [2.24, 2.45) is 0 Å². The lowest BCUT2D eigenvalue weighted by Gasteiger charge is -2.06. The molecule has 1 aromatic carbocycles. The summed E-state index contributed by atoms with van der Waals surface area (Å²) in [5, 5.41) is 0.766. The Labute approximate surface area is 140 Å². The van der Waals surface area contributed by atoms with Crippen LogP contribution in [0.3, 0.4) is 0 Å². The van der Waals surface area contributed by atoms with E-state index in [2.05, 4.69) is 20.7 Å². The van der Waals surface area contributed by atoms with Crippen molar-refractivity contribution < 1.29 is 8.42 Å². The Hall–Kier alpha value is -0.110. The number of benzene rings is 1. The lowest BCUT2D eigenvalue weighted by Crippen LogP contribution is -2.23. The number of hydrogen-bond donors (Lipinski definition) is 1. The number of sulfonamides is 1. The van der Waals surface area contributed by atoms with Crippen LogP contribution in [0.4, 0.5) is 0 Å². The van der Waals surface area contributed by atoms with Crippen molar-refractivity contribution in [3.63, 3.8) is 0 Å². The second-order valence-corrected chi connectivity index (χ2v) is 8.54. The molecule has 0 spiro atoms. The van der Waals surface area contributed by atoms with Crippen molar-refractivity contribution in [2.75, 3.05) is 0 Å². The van der Waals surface area contributed by atoms with Crippen LogP contribution in [0.2, 0.25) is 8.67 Å². The number of alkyl halides is 1. The van der Waals surface area contributed by atoms with Gasteiger partial charge in [-0.1, -0.05) is 63.4 Å². The first-order valence-corrected chi connectivity index (χ1v) is 9.68. The van der Waals surface area contributed by atoms with Gasteiger partial charge in [-0.3, -0.25) is 0 Å². The van der Waals surface area contributed by atoms with Gasteiger partial charge in [0.05, 0.1) is 4.34 Å². The van der Waals surface area contributed by atoms with E-state index in [1.54, 1.807) is 0 Å². The minimum absolute atomic E-state index is 0.0197. The maximum absolute atomic E-state index is 12.1. The van der Waals surface area contributed by atoms with Crippen molar-refractivity contribution in [1.29, 1.82) is 0 Å². The Morgan fingerprint density at radius 3 is 2.25 bits per heavy atom. The van der Waals surface area contributed by atoms with Gasteiger partial charge in [0, 0.05) is 11.9 Å². The van der Waals surface area contributed by atoms with Crippen LogP contribution in [-0.2, 0) is 21.9 Å². The van der Waals surface area contributed by atoms with Crippen LogP contribution in [-0.4, -0.2) is 8.42 Å². The fraction of sp³-hybridized carbons (Fsp3) is 0.167. The van der Waals surface area contributed by atoms with Crippen molar-refractivity contribution >= 4 is 60.5 Å². The lowest BCUT2D eigenvalue weighted by atomic mass is 10.2. The first kappa shape index (κ1) is 16.3. The van der Waals surface area contributed by atoms with Gasteiger partial charge in [0.1, 0.15) is 9.23 Å². The molecule has 1 N–H and O–H groups in total. The van der Waals surface area contributed by atoms with E-state index in [0.717, 1.165) is 27.8 Å². The third-order valence-corrected chi connectivity index (χ3v) is 6.36. The van der Waals surface area contributed by atoms with Crippen molar-refractivity contribution in [1.82, 2.24) is 4.72 Å². The fourth-order valence-electron chi connectivity index (χ4n) is 1.51. The van der Waals surface area contributed by atoms with Crippen LogP contribution in [0.15, 0.2) is 35.2 Å². The largest absolute Gasteiger partial charge is 0.243 e. The van der Waals surface area contributed by atoms with Gasteiger partial charge in [0.2, 0.25) is 10.0 Å². The minimum atomic E-state index is -3.65. The van der Waals surface area contributed by atoms with E-state index in [0.29, 0.717) is 4.34 Å². The van der Waals surface area contributed by atoms with Crippen molar-refractivity contribution in [3.05, 3.63) is 50.1 Å². The predicted molar refractivity (Wildman–Crippen MR) is 87.4 cm³/mol. The van der Waals surface area contributed by atoms with Gasteiger partial charge in [-0.15, -0.1) is 11.3 Å². The summed E-state index contributed by atoms with van der Waals surface area (Å²) in [5.41, 5.74) is 2.00. The smallest absolute Gasteiger partial charge is 0.207 e. The van der Waals surface area contributed by atoms with Gasteiger partial charge in [0.25, 0.3) is 0 Å². The summed E-state index contributed by atoms with van der Waals surface area (Å²) in [7, 11) is -3.65. The first-order valence-electron chi connectivity index (χ1n) is 5.50. The molecule has 0 saturated heterocycles. The zero-order valence-corrected chi connectivity index (χ0v) is 14.8. The molecule has 0 unspecified atom stereocenters. The third-order valence-electron chi connectivity index (χ3n) is 2.56. The van der Waals surface area contributed by atoms with E-state index >= 15 is 0 Å². The van der Waals surface area contributed by atoms with Crippen molar-refractivity contribution in [2.45, 2.75) is 16.8 Å². The number of rotatable bonds is 5. The van der Waals surface area contributed by atoms with E-state index in [1.165, 1.54) is 6.07 Å². The molecule has 0 bridgehead atoms. The molecule has 3 nitrogen and oxygen atoms in total. The van der Waals surface area contributed by atoms with Gasteiger partial charge in [-0.05, 0) is 17.2 Å². The monoisotopic (exact) mass is 413 g/mol. The van der Waals surface area contributed by atoms with Crippen LogP contribution in [0.1, 0.15) is 11.1 Å². The molecule has 1 heterocycles. The summed E-state index contributed by atoms with van der Waals surface area (Å²) >= 11 is 16.0. The van der Waals surface area contributed by atoms with Gasteiger partial charge in [-0.25, -0.2) is 13.1 Å². The molecule has 0 atom stereocenters. The summed E-state index contributed by atoms with van der Waals surface area (Å²) in [6, 6.07) is 8.98. The maximum atomic E-state index is 12.1. The highest BCUT2D eigenvalue weighted by molar-refractivity contribution is 9.08. The summed E-state index contributed by atoms with van der Waals surface area (Å²) in [4.78, 5) is 0.0197. The number of hydrogen-bond acceptors (Lipinski definition) is 3. The summed E-state index contributed by atoms with van der Waals surface area (Å²) in [6.45, 7) is 0.203. The van der Waals surface area contributed by atoms with Crippen LogP contribution in [0, 0.1) is 0 Å². The zero-order chi connectivity index (χ0) is 14.8. The molecule has 0 aliphatic heterocycles. The van der Waals surface area contributed by atoms with Crippen LogP contribution in [0.5, 0.6) is 0 Å². The summed E-state index contributed by atoms with van der Waals surface area (Å²) in [5.74, 6) is 0. The number of halogens is 3. The maximum Gasteiger partial charge on any atom is 0.243 e. The van der Waals surface area contributed by atoms with Gasteiger partial charge in [-0.2, -0.15) is 0 Å². The summed E-state index contributed by atoms with van der Waals surface area (Å²) in [6.07, 6.45) is 0. The second kappa shape index (κ2) is 6.77. The van der Waals surface area contributed by atoms with E-state index < -0.39 is 10.0 Å². The predicted octanol–water partition coefficient (Wildman–Crippen LogP) is 4.43. The average Bonchev–Trinajstić information content (AvgIpc) is 2.77. The van der Waals surface area contributed by atoms with E-state index in [4.69, 9.17) is 23.2 Å². The fourth-order valence-corrected chi connectivity index (χ4v) is 5.05. The molecule has 8 heteroatoms. The third kappa shape index (κ3) is 3.96. The van der Waals surface area contributed by atoms with Gasteiger partial charge < -0.3 is 0 Å². The highest BCUT2D eigenvalue weighted by atomic mass is 79.9. The lowest BCUT2D eigenvalue weighted by molar-refractivity contribution is 0.582. The Morgan fingerprint density at radius 1 is 1.15 bits per heavy atom. The highest BCUT2D eigenvalue weighted by Gasteiger charge is 2.20. The Morgan fingerprint density at radius 2 is 1.75 bits per heavy atom. The molecule has 0 aliphatic rings. The molecule has 0 saturated carbocycles. The average molecular weight is 415 g/mol. The van der Waals surface area contributed by atoms with Gasteiger partial charge >= 0.3 is 0 Å². The number of nitrogens with one attached hydrogen (secondary N) is 1. The molecular formula is C12H10BrCl2NO2S2. The van der Waals surface area contributed by atoms with Crippen LogP contribution < -0.4 is 4.72 Å². The molecule has 20 heavy (non-hydrogen) atoms. The first-order chi connectivity index (χ1) is 9.42. The minimum Gasteiger partial charge on any atom is -0.207 e. The van der Waals surface area contributed by atoms with E-state index in [9.17, 15) is 8.42 Å². The zero-order valence-electron chi connectivity index (χ0n) is 10.1. The molecular weight excluding hydrogens is 405 g/mol.